The maximum absolute atomic E-state index is 11.7. The van der Waals surface area contributed by atoms with Gasteiger partial charge in [0.05, 0.1) is 6.54 Å². The summed E-state index contributed by atoms with van der Waals surface area (Å²) in [6, 6.07) is 7.72. The average molecular weight is 392 g/mol. The quantitative estimate of drug-likeness (QED) is 0.423. The van der Waals surface area contributed by atoms with E-state index < -0.39 is 0 Å². The lowest BCUT2D eigenvalue weighted by Crippen LogP contribution is -2.43. The third-order valence-electron chi connectivity index (χ3n) is 4.33. The monoisotopic (exact) mass is 391 g/mol. The Morgan fingerprint density at radius 1 is 1.26 bits per heavy atom. The molecule has 1 saturated heterocycles. The Kier molecular flexibility index (Phi) is 8.28. The number of guanidine groups is 1. The van der Waals surface area contributed by atoms with E-state index in [1.165, 1.54) is 18.6 Å². The fourth-order valence-electron chi connectivity index (χ4n) is 2.88. The summed E-state index contributed by atoms with van der Waals surface area (Å²) in [6.07, 6.45) is 2.55. The Morgan fingerprint density at radius 3 is 2.59 bits per heavy atom. The van der Waals surface area contributed by atoms with E-state index in [1.807, 2.05) is 49.9 Å². The van der Waals surface area contributed by atoms with E-state index in [0.717, 1.165) is 30.3 Å². The van der Waals surface area contributed by atoms with Crippen molar-refractivity contribution in [1.29, 1.82) is 0 Å². The maximum atomic E-state index is 11.7. The van der Waals surface area contributed by atoms with Gasteiger partial charge in [0.1, 0.15) is 0 Å². The minimum absolute atomic E-state index is 0.112. The summed E-state index contributed by atoms with van der Waals surface area (Å²) in [6.45, 7) is 10.6. The molecule has 1 unspecified atom stereocenters. The number of carbonyl (C=O) groups excluding carboxylic acids is 1. The molecule has 0 spiro atoms. The van der Waals surface area contributed by atoms with Gasteiger partial charge in [-0.1, -0.05) is 12.1 Å². The average Bonchev–Trinajstić information content (AvgIpc) is 3.05. The van der Waals surface area contributed by atoms with Gasteiger partial charge in [-0.15, -0.1) is 0 Å². The summed E-state index contributed by atoms with van der Waals surface area (Å²) in [5, 5.41) is 12.4. The lowest BCUT2D eigenvalue weighted by Gasteiger charge is -2.24. The molecule has 1 aliphatic rings. The molecule has 0 aromatic heterocycles. The second-order valence-corrected chi connectivity index (χ2v) is 9.08. The molecule has 150 valence electrons. The van der Waals surface area contributed by atoms with Gasteiger partial charge in [0.15, 0.2) is 5.96 Å². The molecule has 4 N–H and O–H groups in total. The van der Waals surface area contributed by atoms with Crippen LogP contribution in [0.15, 0.2) is 29.3 Å². The number of anilines is 1. The molecule has 0 radical (unpaired) electrons. The molecule has 1 heterocycles. The number of benzene rings is 1. The number of hydrogen-bond acceptors (Lipinski definition) is 3. The molecule has 2 rings (SSSR count). The number of carbonyl (C=O) groups is 1. The smallest absolute Gasteiger partial charge is 0.319 e. The van der Waals surface area contributed by atoms with E-state index >= 15 is 0 Å². The van der Waals surface area contributed by atoms with Crippen LogP contribution < -0.4 is 21.3 Å². The molecule has 2 amide bonds. The van der Waals surface area contributed by atoms with Crippen molar-refractivity contribution < 1.29 is 4.79 Å². The summed E-state index contributed by atoms with van der Waals surface area (Å²) in [4.78, 5) is 16.4. The van der Waals surface area contributed by atoms with Crippen molar-refractivity contribution >= 4 is 29.4 Å². The summed E-state index contributed by atoms with van der Waals surface area (Å²) in [5.74, 6) is 2.10. The number of hydrogen-bond donors (Lipinski definition) is 4. The van der Waals surface area contributed by atoms with Crippen LogP contribution in [0, 0.1) is 0 Å². The Labute approximate surface area is 167 Å². The van der Waals surface area contributed by atoms with Crippen LogP contribution in [0.5, 0.6) is 0 Å². The van der Waals surface area contributed by atoms with Crippen LogP contribution >= 0.6 is 11.8 Å². The summed E-state index contributed by atoms with van der Waals surface area (Å²) in [7, 11) is 0. The van der Waals surface area contributed by atoms with Crippen LogP contribution in [-0.4, -0.2) is 41.6 Å². The number of nitrogens with zero attached hydrogens (tertiary/aromatic N) is 1. The van der Waals surface area contributed by atoms with Crippen LogP contribution in [0.2, 0.25) is 0 Å². The minimum atomic E-state index is -0.187. The highest BCUT2D eigenvalue weighted by Crippen LogP contribution is 2.36. The van der Waals surface area contributed by atoms with Gasteiger partial charge in [0, 0.05) is 29.6 Å². The lowest BCUT2D eigenvalue weighted by molar-refractivity contribution is 0.250. The Morgan fingerprint density at radius 2 is 2.00 bits per heavy atom. The number of aliphatic imine (C=N–C) groups is 1. The fraction of sp³-hybridized carbons (Fsp3) is 0.600. The molecule has 0 bridgehead atoms. The van der Waals surface area contributed by atoms with Gasteiger partial charge < -0.3 is 21.3 Å². The van der Waals surface area contributed by atoms with Gasteiger partial charge in [-0.3, -0.25) is 0 Å². The molecule has 1 aliphatic heterocycles. The zero-order chi connectivity index (χ0) is 19.7. The largest absolute Gasteiger partial charge is 0.357 e. The third kappa shape index (κ3) is 7.71. The highest BCUT2D eigenvalue weighted by molar-refractivity contribution is 8.00. The number of nitrogens with one attached hydrogen (secondary N) is 4. The van der Waals surface area contributed by atoms with Gasteiger partial charge in [0.2, 0.25) is 0 Å². The van der Waals surface area contributed by atoms with E-state index in [9.17, 15) is 4.79 Å². The fourth-order valence-corrected chi connectivity index (χ4v) is 4.13. The second-order valence-electron chi connectivity index (χ2n) is 7.40. The van der Waals surface area contributed by atoms with Gasteiger partial charge in [-0.05, 0) is 64.0 Å². The molecule has 7 heteroatoms. The zero-order valence-electron chi connectivity index (χ0n) is 16.9. The number of rotatable bonds is 7. The van der Waals surface area contributed by atoms with Crippen molar-refractivity contribution in [3.63, 3.8) is 0 Å². The van der Waals surface area contributed by atoms with Crippen LogP contribution in [-0.2, 0) is 6.54 Å². The number of thioether (sulfide) groups is 1. The van der Waals surface area contributed by atoms with Crippen molar-refractivity contribution in [2.24, 2.45) is 4.99 Å². The van der Waals surface area contributed by atoms with Crippen molar-refractivity contribution in [1.82, 2.24) is 16.0 Å². The molecular weight excluding hydrogens is 358 g/mol. The highest BCUT2D eigenvalue weighted by atomic mass is 32.2. The molecule has 0 saturated carbocycles. The van der Waals surface area contributed by atoms with Gasteiger partial charge in [-0.2, -0.15) is 11.8 Å². The SMILES string of the molecule is CCNC(=NCc1ccc(NC(=O)NC(C)C)cc1)NCC1(C)CCCS1. The van der Waals surface area contributed by atoms with Crippen LogP contribution in [0.3, 0.4) is 0 Å². The molecule has 1 fully saturated rings. The van der Waals surface area contributed by atoms with E-state index in [4.69, 9.17) is 4.99 Å². The predicted octanol–water partition coefficient (Wildman–Crippen LogP) is 3.56. The first-order valence-electron chi connectivity index (χ1n) is 9.73. The predicted molar refractivity (Wildman–Crippen MR) is 117 cm³/mol. The first-order valence-corrected chi connectivity index (χ1v) is 10.7. The van der Waals surface area contributed by atoms with Crippen LogP contribution in [0.4, 0.5) is 10.5 Å². The van der Waals surface area contributed by atoms with E-state index in [2.05, 4.69) is 35.1 Å². The number of amides is 2. The van der Waals surface area contributed by atoms with Gasteiger partial charge >= 0.3 is 6.03 Å². The summed E-state index contributed by atoms with van der Waals surface area (Å²) in [5.41, 5.74) is 1.88. The van der Waals surface area contributed by atoms with E-state index in [-0.39, 0.29) is 12.1 Å². The molecule has 1 aromatic rings. The normalized spacial score (nSPS) is 19.8. The molecular formula is C20H33N5OS. The van der Waals surface area contributed by atoms with Crippen LogP contribution in [0.25, 0.3) is 0 Å². The second kappa shape index (κ2) is 10.4. The third-order valence-corrected chi connectivity index (χ3v) is 5.86. The lowest BCUT2D eigenvalue weighted by atomic mass is 10.1. The maximum Gasteiger partial charge on any atom is 0.319 e. The Hall–Kier alpha value is -1.89. The summed E-state index contributed by atoms with van der Waals surface area (Å²) >= 11 is 2.04. The van der Waals surface area contributed by atoms with Gasteiger partial charge in [0.25, 0.3) is 0 Å². The van der Waals surface area contributed by atoms with E-state index in [1.54, 1.807) is 0 Å². The number of urea groups is 1. The van der Waals surface area contributed by atoms with Crippen molar-refractivity contribution in [2.75, 3.05) is 24.2 Å². The first-order chi connectivity index (χ1) is 12.9. The molecule has 0 aliphatic carbocycles. The van der Waals surface area contributed by atoms with Crippen molar-refractivity contribution in [2.45, 2.75) is 57.9 Å². The molecule has 27 heavy (non-hydrogen) atoms. The minimum Gasteiger partial charge on any atom is -0.357 e. The molecule has 6 nitrogen and oxygen atoms in total. The van der Waals surface area contributed by atoms with E-state index in [0.29, 0.717) is 11.3 Å². The summed E-state index contributed by atoms with van der Waals surface area (Å²) < 4.78 is 0.306. The van der Waals surface area contributed by atoms with Crippen LogP contribution in [0.1, 0.15) is 46.1 Å². The van der Waals surface area contributed by atoms with Crippen molar-refractivity contribution in [3.05, 3.63) is 29.8 Å². The topological polar surface area (TPSA) is 77.5 Å². The van der Waals surface area contributed by atoms with Crippen molar-refractivity contribution in [3.8, 4) is 0 Å². The highest BCUT2D eigenvalue weighted by Gasteiger charge is 2.29. The zero-order valence-corrected chi connectivity index (χ0v) is 17.7. The Bertz CT molecular complexity index is 624. The molecule has 1 aromatic carbocycles. The first kappa shape index (κ1) is 21.4. The Balaban J connectivity index is 1.88. The van der Waals surface area contributed by atoms with Gasteiger partial charge in [-0.25, -0.2) is 9.79 Å². The standard InChI is InChI=1S/C20H33N5OS/c1-5-21-18(23-14-20(4)11-6-12-27-20)22-13-16-7-9-17(10-8-16)25-19(26)24-15(2)3/h7-10,15H,5-6,11-14H2,1-4H3,(H2,21,22,23)(H2,24,25,26). The molecule has 1 atom stereocenters.